The summed E-state index contributed by atoms with van der Waals surface area (Å²) in [5.74, 6) is 0.0804. The number of likely N-dealkylation sites (tertiary alicyclic amines) is 1. The first kappa shape index (κ1) is 13.6. The van der Waals surface area contributed by atoms with Crippen molar-refractivity contribution >= 4 is 22.2 Å². The van der Waals surface area contributed by atoms with Crippen molar-refractivity contribution in [3.63, 3.8) is 0 Å². The van der Waals surface area contributed by atoms with Gasteiger partial charge in [-0.2, -0.15) is 0 Å². The smallest absolute Gasteiger partial charge is 0.228 e. The van der Waals surface area contributed by atoms with Gasteiger partial charge in [0, 0.05) is 17.3 Å². The monoisotopic (exact) mass is 293 g/mol. The van der Waals surface area contributed by atoms with Crippen molar-refractivity contribution in [2.24, 2.45) is 0 Å². The van der Waals surface area contributed by atoms with Crippen LogP contribution in [0.5, 0.6) is 0 Å². The maximum absolute atomic E-state index is 12.2. The third-order valence-electron chi connectivity index (χ3n) is 3.77. The number of rotatable bonds is 4. The van der Waals surface area contributed by atoms with E-state index in [0.717, 1.165) is 29.2 Å². The van der Waals surface area contributed by atoms with Crippen molar-refractivity contribution in [3.8, 4) is 0 Å². The van der Waals surface area contributed by atoms with Crippen LogP contribution >= 0.6 is 11.3 Å². The number of carbonyl (C=O) groups excluding carboxylic acids is 1. The van der Waals surface area contributed by atoms with Gasteiger partial charge < -0.3 is 10.0 Å². The first-order chi connectivity index (χ1) is 9.50. The molecule has 0 saturated carbocycles. The van der Waals surface area contributed by atoms with Gasteiger partial charge in [-0.05, 0) is 13.3 Å². The molecule has 3 rings (SSSR count). The van der Waals surface area contributed by atoms with Crippen LogP contribution in [0.2, 0.25) is 0 Å². The molecule has 0 radical (unpaired) electrons. The minimum atomic E-state index is -0.653. The zero-order valence-corrected chi connectivity index (χ0v) is 12.6. The molecular weight excluding hydrogens is 274 g/mol. The summed E-state index contributed by atoms with van der Waals surface area (Å²) >= 11 is 1.55. The molecule has 0 spiro atoms. The molecule has 1 saturated heterocycles. The highest BCUT2D eigenvalue weighted by molar-refractivity contribution is 7.15. The summed E-state index contributed by atoms with van der Waals surface area (Å²) < 4.78 is 1.98. The molecule has 0 bridgehead atoms. The van der Waals surface area contributed by atoms with Crippen molar-refractivity contribution in [3.05, 3.63) is 23.0 Å². The second kappa shape index (κ2) is 4.86. The number of hydrogen-bond acceptors (Lipinski definition) is 4. The van der Waals surface area contributed by atoms with Crippen LogP contribution in [0.3, 0.4) is 0 Å². The van der Waals surface area contributed by atoms with E-state index in [4.69, 9.17) is 0 Å². The molecule has 108 valence electrons. The third kappa shape index (κ3) is 2.33. The van der Waals surface area contributed by atoms with Crippen LogP contribution in [0.25, 0.3) is 4.96 Å². The summed E-state index contributed by atoms with van der Waals surface area (Å²) in [4.78, 5) is 19.3. The van der Waals surface area contributed by atoms with Crippen molar-refractivity contribution in [2.75, 3.05) is 13.1 Å². The fraction of sp³-hybridized carbons (Fsp3) is 0.571. The van der Waals surface area contributed by atoms with Gasteiger partial charge in [-0.15, -0.1) is 11.3 Å². The second-order valence-corrected chi connectivity index (χ2v) is 6.50. The van der Waals surface area contributed by atoms with Gasteiger partial charge in [-0.25, -0.2) is 4.98 Å². The van der Waals surface area contributed by atoms with Crippen LogP contribution in [0.4, 0.5) is 0 Å². The van der Waals surface area contributed by atoms with Gasteiger partial charge in [-0.1, -0.05) is 13.3 Å². The standard InChI is InChI=1S/C14H19N3O2S/c1-3-4-14(19)8-16(9-14)12(18)5-11-7-20-13-15-10(2)6-17(11)13/h6-7,19H,3-5,8-9H2,1-2H3. The number of imidazole rings is 1. The molecule has 3 heterocycles. The molecule has 1 aliphatic heterocycles. The highest BCUT2D eigenvalue weighted by Crippen LogP contribution is 2.27. The number of carbonyl (C=O) groups is 1. The Morgan fingerprint density at radius 1 is 1.55 bits per heavy atom. The molecule has 0 unspecified atom stereocenters. The molecule has 1 fully saturated rings. The summed E-state index contributed by atoms with van der Waals surface area (Å²) in [5, 5.41) is 12.1. The molecule has 1 aliphatic rings. The van der Waals surface area contributed by atoms with Crippen molar-refractivity contribution in [1.29, 1.82) is 0 Å². The number of nitrogens with zero attached hydrogens (tertiary/aromatic N) is 3. The lowest BCUT2D eigenvalue weighted by Gasteiger charge is -2.46. The summed E-state index contributed by atoms with van der Waals surface area (Å²) in [6.45, 7) is 4.93. The van der Waals surface area contributed by atoms with Gasteiger partial charge in [0.05, 0.1) is 30.8 Å². The molecule has 2 aromatic heterocycles. The number of aliphatic hydroxyl groups is 1. The van der Waals surface area contributed by atoms with E-state index in [0.29, 0.717) is 19.5 Å². The van der Waals surface area contributed by atoms with E-state index in [-0.39, 0.29) is 5.91 Å². The lowest BCUT2D eigenvalue weighted by Crippen LogP contribution is -2.63. The Hall–Kier alpha value is -1.40. The molecule has 5 nitrogen and oxygen atoms in total. The molecule has 20 heavy (non-hydrogen) atoms. The van der Waals surface area contributed by atoms with E-state index in [1.807, 2.05) is 29.8 Å². The number of fused-ring (bicyclic) bond motifs is 1. The van der Waals surface area contributed by atoms with E-state index >= 15 is 0 Å². The third-order valence-corrected chi connectivity index (χ3v) is 4.66. The maximum Gasteiger partial charge on any atom is 0.228 e. The average Bonchev–Trinajstić information content (AvgIpc) is 2.87. The fourth-order valence-electron chi connectivity index (χ4n) is 2.80. The number of hydrogen-bond donors (Lipinski definition) is 1. The number of thiazole rings is 1. The van der Waals surface area contributed by atoms with Gasteiger partial charge in [0.25, 0.3) is 0 Å². The first-order valence-electron chi connectivity index (χ1n) is 6.93. The number of β-amino-alcohol motifs (C(OH)–C–C–N with tert-alkyl or cyclic N) is 1. The average molecular weight is 293 g/mol. The lowest BCUT2D eigenvalue weighted by atomic mass is 9.89. The second-order valence-electron chi connectivity index (χ2n) is 5.66. The summed E-state index contributed by atoms with van der Waals surface area (Å²) in [6, 6.07) is 0. The zero-order chi connectivity index (χ0) is 14.3. The Balaban J connectivity index is 1.65. The van der Waals surface area contributed by atoms with Crippen molar-refractivity contribution in [1.82, 2.24) is 14.3 Å². The Morgan fingerprint density at radius 2 is 2.30 bits per heavy atom. The number of aromatic nitrogens is 2. The largest absolute Gasteiger partial charge is 0.386 e. The van der Waals surface area contributed by atoms with Crippen LogP contribution in [0.15, 0.2) is 11.6 Å². The van der Waals surface area contributed by atoms with E-state index in [2.05, 4.69) is 4.98 Å². The van der Waals surface area contributed by atoms with E-state index in [9.17, 15) is 9.90 Å². The van der Waals surface area contributed by atoms with Crippen LogP contribution in [0.1, 0.15) is 31.2 Å². The van der Waals surface area contributed by atoms with Crippen molar-refractivity contribution in [2.45, 2.75) is 38.7 Å². The maximum atomic E-state index is 12.2. The molecule has 6 heteroatoms. The first-order valence-corrected chi connectivity index (χ1v) is 7.81. The molecule has 0 aliphatic carbocycles. The highest BCUT2D eigenvalue weighted by atomic mass is 32.1. The zero-order valence-electron chi connectivity index (χ0n) is 11.8. The SMILES string of the molecule is CCCC1(O)CN(C(=O)Cc2csc3nc(C)cn23)C1. The fourth-order valence-corrected chi connectivity index (χ4v) is 3.72. The lowest BCUT2D eigenvalue weighted by molar-refractivity contribution is -0.155. The Kier molecular flexibility index (Phi) is 3.30. The molecule has 1 amide bonds. The van der Waals surface area contributed by atoms with Gasteiger partial charge in [0.2, 0.25) is 5.91 Å². The van der Waals surface area contributed by atoms with Gasteiger partial charge >= 0.3 is 0 Å². The minimum Gasteiger partial charge on any atom is -0.386 e. The molecular formula is C14H19N3O2S. The highest BCUT2D eigenvalue weighted by Gasteiger charge is 2.42. The molecule has 1 N–H and O–H groups in total. The quantitative estimate of drug-likeness (QED) is 0.932. The van der Waals surface area contributed by atoms with Crippen LogP contribution < -0.4 is 0 Å². The molecule has 0 atom stereocenters. The van der Waals surface area contributed by atoms with Gasteiger partial charge in [-0.3, -0.25) is 9.20 Å². The van der Waals surface area contributed by atoms with Crippen LogP contribution in [-0.2, 0) is 11.2 Å². The van der Waals surface area contributed by atoms with Gasteiger partial charge in [0.1, 0.15) is 0 Å². The summed E-state index contributed by atoms with van der Waals surface area (Å²) in [5.41, 5.74) is 1.29. The van der Waals surface area contributed by atoms with Crippen LogP contribution in [0, 0.1) is 6.92 Å². The van der Waals surface area contributed by atoms with E-state index in [1.54, 1.807) is 16.2 Å². The topological polar surface area (TPSA) is 57.8 Å². The Morgan fingerprint density at radius 3 is 3.00 bits per heavy atom. The van der Waals surface area contributed by atoms with E-state index < -0.39 is 5.60 Å². The van der Waals surface area contributed by atoms with Crippen LogP contribution in [-0.4, -0.2) is 44.0 Å². The number of amides is 1. The normalized spacial score (nSPS) is 17.4. The van der Waals surface area contributed by atoms with Gasteiger partial charge in [0.15, 0.2) is 4.96 Å². The number of aryl methyl sites for hydroxylation is 1. The predicted molar refractivity (Wildman–Crippen MR) is 77.9 cm³/mol. The Bertz CT molecular complexity index is 640. The minimum absolute atomic E-state index is 0.0804. The molecule has 2 aromatic rings. The van der Waals surface area contributed by atoms with E-state index in [1.165, 1.54) is 0 Å². The summed E-state index contributed by atoms with van der Waals surface area (Å²) in [6.07, 6.45) is 4.04. The molecule has 0 aromatic carbocycles. The predicted octanol–water partition coefficient (Wildman–Crippen LogP) is 1.62. The summed E-state index contributed by atoms with van der Waals surface area (Å²) in [7, 11) is 0. The Labute approximate surface area is 121 Å². The van der Waals surface area contributed by atoms with Crippen molar-refractivity contribution < 1.29 is 9.90 Å².